The number of nitrogens with zero attached hydrogens (tertiary/aromatic N) is 1. The Morgan fingerprint density at radius 1 is 1.21 bits per heavy atom. The molecule has 0 radical (unpaired) electrons. The number of ether oxygens (including phenoxy) is 3. The minimum atomic E-state index is -0.862. The Hall–Kier alpha value is -2.77. The lowest BCUT2D eigenvalue weighted by molar-refractivity contribution is -0.150. The summed E-state index contributed by atoms with van der Waals surface area (Å²) in [5.41, 5.74) is 0.269. The molecular weight excluding hydrogens is 364 g/mol. The lowest BCUT2D eigenvalue weighted by atomic mass is 10.2. The van der Waals surface area contributed by atoms with Crippen molar-refractivity contribution in [1.82, 2.24) is 10.2 Å². The first-order valence-electron chi connectivity index (χ1n) is 9.29. The Bertz CT molecular complexity index is 686. The summed E-state index contributed by atoms with van der Waals surface area (Å²) >= 11 is 0. The molecule has 1 aliphatic heterocycles. The third kappa shape index (κ3) is 7.09. The monoisotopic (exact) mass is 392 g/mol. The predicted octanol–water partition coefficient (Wildman–Crippen LogP) is 2.85. The summed E-state index contributed by atoms with van der Waals surface area (Å²) in [5.74, 6) is -0.576. The number of carbonyl (C=O) groups is 3. The van der Waals surface area contributed by atoms with Gasteiger partial charge in [0.1, 0.15) is 24.4 Å². The quantitative estimate of drug-likeness (QED) is 0.612. The van der Waals surface area contributed by atoms with Crippen molar-refractivity contribution in [2.45, 2.75) is 58.5 Å². The SMILES string of the molecule is CC(NC(=O)OCc1ccccc1)C(=O)OC1CCN(C(=O)OC(C)(C)C)C1. The van der Waals surface area contributed by atoms with Crippen molar-refractivity contribution in [3.8, 4) is 0 Å². The summed E-state index contributed by atoms with van der Waals surface area (Å²) in [5, 5.41) is 2.45. The fraction of sp³-hybridized carbons (Fsp3) is 0.550. The van der Waals surface area contributed by atoms with E-state index in [1.807, 2.05) is 30.3 Å². The van der Waals surface area contributed by atoms with Crippen molar-refractivity contribution in [2.24, 2.45) is 0 Å². The average molecular weight is 392 g/mol. The number of esters is 1. The van der Waals surface area contributed by atoms with Crippen LogP contribution in [0.3, 0.4) is 0 Å². The van der Waals surface area contributed by atoms with Crippen LogP contribution in [0.5, 0.6) is 0 Å². The summed E-state index contributed by atoms with van der Waals surface area (Å²) in [7, 11) is 0. The molecule has 2 atom stereocenters. The van der Waals surface area contributed by atoms with Crippen molar-refractivity contribution in [2.75, 3.05) is 13.1 Å². The van der Waals surface area contributed by atoms with E-state index in [1.165, 1.54) is 11.8 Å². The summed E-state index contributed by atoms with van der Waals surface area (Å²) in [6.45, 7) is 7.74. The fourth-order valence-electron chi connectivity index (χ4n) is 2.58. The molecule has 8 heteroatoms. The molecule has 0 bridgehead atoms. The Balaban J connectivity index is 1.72. The summed E-state index contributed by atoms with van der Waals surface area (Å²) in [4.78, 5) is 37.6. The molecule has 1 aromatic carbocycles. The molecule has 1 aromatic rings. The van der Waals surface area contributed by atoms with Crippen LogP contribution in [0.4, 0.5) is 9.59 Å². The molecule has 28 heavy (non-hydrogen) atoms. The molecule has 154 valence electrons. The zero-order valence-corrected chi connectivity index (χ0v) is 16.8. The molecule has 1 aliphatic rings. The maximum atomic E-state index is 12.2. The van der Waals surface area contributed by atoms with E-state index >= 15 is 0 Å². The number of likely N-dealkylation sites (tertiary alicyclic amines) is 1. The Morgan fingerprint density at radius 3 is 2.54 bits per heavy atom. The summed E-state index contributed by atoms with van der Waals surface area (Å²) < 4.78 is 15.8. The van der Waals surface area contributed by atoms with E-state index in [4.69, 9.17) is 14.2 Å². The minimum absolute atomic E-state index is 0.113. The van der Waals surface area contributed by atoms with Crippen LogP contribution >= 0.6 is 0 Å². The van der Waals surface area contributed by atoms with Crippen LogP contribution in [0.25, 0.3) is 0 Å². The molecule has 2 amide bonds. The number of alkyl carbamates (subject to hydrolysis) is 1. The lowest BCUT2D eigenvalue weighted by Gasteiger charge is -2.24. The van der Waals surface area contributed by atoms with E-state index in [0.717, 1.165) is 5.56 Å². The summed E-state index contributed by atoms with van der Waals surface area (Å²) in [6, 6.07) is 8.37. The fourth-order valence-corrected chi connectivity index (χ4v) is 2.58. The van der Waals surface area contributed by atoms with Crippen molar-refractivity contribution in [1.29, 1.82) is 0 Å². The molecule has 2 rings (SSSR count). The molecule has 0 aliphatic carbocycles. The Morgan fingerprint density at radius 2 is 1.89 bits per heavy atom. The minimum Gasteiger partial charge on any atom is -0.459 e. The zero-order chi connectivity index (χ0) is 20.7. The van der Waals surface area contributed by atoms with Gasteiger partial charge in [-0.3, -0.25) is 0 Å². The van der Waals surface area contributed by atoms with Crippen LogP contribution in [0, 0.1) is 0 Å². The van der Waals surface area contributed by atoms with E-state index in [0.29, 0.717) is 13.0 Å². The van der Waals surface area contributed by atoms with Gasteiger partial charge >= 0.3 is 18.2 Å². The zero-order valence-electron chi connectivity index (χ0n) is 16.8. The third-order valence-corrected chi connectivity index (χ3v) is 3.98. The van der Waals surface area contributed by atoms with Gasteiger partial charge in [-0.2, -0.15) is 0 Å². The second kappa shape index (κ2) is 9.43. The van der Waals surface area contributed by atoms with Gasteiger partial charge in [0.2, 0.25) is 0 Å². The third-order valence-electron chi connectivity index (χ3n) is 3.98. The van der Waals surface area contributed by atoms with Crippen LogP contribution in [-0.4, -0.2) is 53.9 Å². The summed E-state index contributed by atoms with van der Waals surface area (Å²) in [6.07, 6.45) is -1.03. The van der Waals surface area contributed by atoms with E-state index in [9.17, 15) is 14.4 Å². The second-order valence-electron chi connectivity index (χ2n) is 7.70. The van der Waals surface area contributed by atoms with Crippen LogP contribution < -0.4 is 5.32 Å². The van der Waals surface area contributed by atoms with Crippen LogP contribution in [0.2, 0.25) is 0 Å². The van der Waals surface area contributed by atoms with Crippen LogP contribution in [0.1, 0.15) is 39.7 Å². The topological polar surface area (TPSA) is 94.2 Å². The first-order valence-corrected chi connectivity index (χ1v) is 9.29. The number of carbonyl (C=O) groups excluding carboxylic acids is 3. The smallest absolute Gasteiger partial charge is 0.410 e. The highest BCUT2D eigenvalue weighted by atomic mass is 16.6. The molecule has 1 heterocycles. The first-order chi connectivity index (χ1) is 13.1. The lowest BCUT2D eigenvalue weighted by Crippen LogP contribution is -2.42. The maximum absolute atomic E-state index is 12.2. The highest BCUT2D eigenvalue weighted by Crippen LogP contribution is 2.17. The molecule has 2 unspecified atom stereocenters. The van der Waals surface area contributed by atoms with E-state index in [2.05, 4.69) is 5.32 Å². The second-order valence-corrected chi connectivity index (χ2v) is 7.70. The average Bonchev–Trinajstić information content (AvgIpc) is 3.08. The van der Waals surface area contributed by atoms with Gasteiger partial charge in [-0.25, -0.2) is 14.4 Å². The standard InChI is InChI=1S/C20H28N2O6/c1-14(21-18(24)26-13-15-8-6-5-7-9-15)17(23)27-16-10-11-22(12-16)19(25)28-20(2,3)4/h5-9,14,16H,10-13H2,1-4H3,(H,21,24). The largest absolute Gasteiger partial charge is 0.459 e. The molecule has 0 spiro atoms. The normalized spacial score (nSPS) is 17.6. The number of hydrogen-bond acceptors (Lipinski definition) is 6. The molecule has 1 fully saturated rings. The maximum Gasteiger partial charge on any atom is 0.410 e. The number of amides is 2. The molecule has 0 aromatic heterocycles. The van der Waals surface area contributed by atoms with E-state index in [1.54, 1.807) is 20.8 Å². The Labute approximate surface area is 165 Å². The molecule has 0 saturated carbocycles. The van der Waals surface area contributed by atoms with Gasteiger partial charge in [0.15, 0.2) is 0 Å². The number of rotatable bonds is 5. The van der Waals surface area contributed by atoms with Crippen molar-refractivity contribution < 1.29 is 28.6 Å². The first kappa shape index (κ1) is 21.5. The van der Waals surface area contributed by atoms with Crippen molar-refractivity contribution >= 4 is 18.2 Å². The van der Waals surface area contributed by atoms with Crippen molar-refractivity contribution in [3.63, 3.8) is 0 Å². The highest BCUT2D eigenvalue weighted by molar-refractivity contribution is 5.81. The van der Waals surface area contributed by atoms with Gasteiger partial charge in [-0.15, -0.1) is 0 Å². The van der Waals surface area contributed by atoms with Gasteiger partial charge in [0.25, 0.3) is 0 Å². The molecule has 1 N–H and O–H groups in total. The van der Waals surface area contributed by atoms with E-state index < -0.39 is 35.9 Å². The predicted molar refractivity (Wildman–Crippen MR) is 102 cm³/mol. The van der Waals surface area contributed by atoms with Gasteiger partial charge in [0, 0.05) is 13.0 Å². The van der Waals surface area contributed by atoms with Gasteiger partial charge in [0.05, 0.1) is 6.54 Å². The van der Waals surface area contributed by atoms with E-state index in [-0.39, 0.29) is 13.2 Å². The van der Waals surface area contributed by atoms with Crippen LogP contribution in [-0.2, 0) is 25.6 Å². The molecule has 8 nitrogen and oxygen atoms in total. The van der Waals surface area contributed by atoms with Gasteiger partial charge in [-0.1, -0.05) is 30.3 Å². The number of nitrogens with one attached hydrogen (secondary N) is 1. The highest BCUT2D eigenvalue weighted by Gasteiger charge is 2.32. The van der Waals surface area contributed by atoms with Crippen LogP contribution in [0.15, 0.2) is 30.3 Å². The number of hydrogen-bond donors (Lipinski definition) is 1. The van der Waals surface area contributed by atoms with Crippen molar-refractivity contribution in [3.05, 3.63) is 35.9 Å². The van der Waals surface area contributed by atoms with Gasteiger partial charge < -0.3 is 24.4 Å². The number of benzene rings is 1. The Kier molecular flexibility index (Phi) is 7.25. The molecular formula is C20H28N2O6. The van der Waals surface area contributed by atoms with Gasteiger partial charge in [-0.05, 0) is 33.3 Å². The molecule has 1 saturated heterocycles.